The topological polar surface area (TPSA) is 39.7 Å². The average Bonchev–Trinajstić information content (AvgIpc) is 2.91. The Morgan fingerprint density at radius 3 is 2.49 bits per heavy atom. The highest BCUT2D eigenvalue weighted by Crippen LogP contribution is 2.31. The van der Waals surface area contributed by atoms with Crippen molar-refractivity contribution in [1.82, 2.24) is 5.32 Å². The molecule has 2 unspecified atom stereocenters. The highest BCUT2D eigenvalue weighted by Gasteiger charge is 2.27. The van der Waals surface area contributed by atoms with Crippen LogP contribution in [0.15, 0.2) is 84.9 Å². The van der Waals surface area contributed by atoms with Gasteiger partial charge < -0.3 is 19.5 Å². The zero-order chi connectivity index (χ0) is 24.0. The minimum absolute atomic E-state index is 0.0179. The third-order valence-corrected chi connectivity index (χ3v) is 6.63. The number of piperidine rings is 1. The summed E-state index contributed by atoms with van der Waals surface area (Å²) in [6.07, 6.45) is 0.980. The quantitative estimate of drug-likeness (QED) is 0.331. The Labute approximate surface area is 205 Å². The van der Waals surface area contributed by atoms with Crippen molar-refractivity contribution in [3.8, 4) is 11.5 Å². The van der Waals surface area contributed by atoms with Gasteiger partial charge in [-0.05, 0) is 71.4 Å². The van der Waals surface area contributed by atoms with Gasteiger partial charge in [-0.3, -0.25) is 0 Å². The summed E-state index contributed by atoms with van der Waals surface area (Å²) < 4.78 is 31.4. The van der Waals surface area contributed by atoms with Gasteiger partial charge >= 0.3 is 0 Å². The minimum atomic E-state index is -0.210. The first-order chi connectivity index (χ1) is 17.2. The maximum atomic E-state index is 13.4. The standard InChI is InChI=1S/C30H30FNO3/c1-33-26-12-6-21(7-13-26)19-34-29-17-22(16-24-4-2-3-5-27(24)29)20-35-30-18-32-15-14-28(30)23-8-10-25(31)11-9-23/h2-13,16-17,28,30,32H,14-15,18-20H2,1H3. The Morgan fingerprint density at radius 1 is 0.886 bits per heavy atom. The molecule has 1 fully saturated rings. The number of halogens is 1. The fraction of sp³-hybridized carbons (Fsp3) is 0.267. The molecule has 5 rings (SSSR count). The number of rotatable bonds is 8. The molecule has 0 bridgehead atoms. The van der Waals surface area contributed by atoms with Crippen LogP contribution in [-0.4, -0.2) is 26.3 Å². The Hall–Kier alpha value is -3.41. The van der Waals surface area contributed by atoms with Crippen LogP contribution >= 0.6 is 0 Å². The average molecular weight is 472 g/mol. The number of ether oxygens (including phenoxy) is 3. The Kier molecular flexibility index (Phi) is 7.26. The van der Waals surface area contributed by atoms with Gasteiger partial charge in [-0.15, -0.1) is 0 Å². The number of hydrogen-bond acceptors (Lipinski definition) is 4. The summed E-state index contributed by atoms with van der Waals surface area (Å²) in [5, 5.41) is 5.63. The summed E-state index contributed by atoms with van der Waals surface area (Å²) in [6.45, 7) is 2.66. The van der Waals surface area contributed by atoms with Gasteiger partial charge in [-0.1, -0.05) is 48.5 Å². The van der Waals surface area contributed by atoms with Crippen LogP contribution < -0.4 is 14.8 Å². The maximum Gasteiger partial charge on any atom is 0.127 e. The Bertz CT molecular complexity index is 1260. The van der Waals surface area contributed by atoms with Crippen molar-refractivity contribution in [3.05, 3.63) is 107 Å². The number of methoxy groups -OCH3 is 1. The Morgan fingerprint density at radius 2 is 1.69 bits per heavy atom. The molecule has 2 atom stereocenters. The highest BCUT2D eigenvalue weighted by atomic mass is 19.1. The maximum absolute atomic E-state index is 13.4. The first-order valence-electron chi connectivity index (χ1n) is 12.0. The molecule has 1 heterocycles. The van der Waals surface area contributed by atoms with Crippen LogP contribution in [0.25, 0.3) is 10.8 Å². The molecule has 1 N–H and O–H groups in total. The van der Waals surface area contributed by atoms with Gasteiger partial charge in [0.15, 0.2) is 0 Å². The predicted molar refractivity (Wildman–Crippen MR) is 136 cm³/mol. The van der Waals surface area contributed by atoms with E-state index >= 15 is 0 Å². The van der Waals surface area contributed by atoms with Crippen molar-refractivity contribution < 1.29 is 18.6 Å². The molecule has 4 nitrogen and oxygen atoms in total. The van der Waals surface area contributed by atoms with E-state index < -0.39 is 0 Å². The van der Waals surface area contributed by atoms with Gasteiger partial charge in [0.1, 0.15) is 23.9 Å². The van der Waals surface area contributed by atoms with Crippen LogP contribution in [-0.2, 0) is 18.0 Å². The first-order valence-corrected chi connectivity index (χ1v) is 12.0. The summed E-state index contributed by atoms with van der Waals surface area (Å²) in [4.78, 5) is 0. The van der Waals surface area contributed by atoms with Gasteiger partial charge in [-0.25, -0.2) is 4.39 Å². The van der Waals surface area contributed by atoms with Gasteiger partial charge in [0.2, 0.25) is 0 Å². The zero-order valence-corrected chi connectivity index (χ0v) is 19.9. The lowest BCUT2D eigenvalue weighted by Gasteiger charge is -2.32. The van der Waals surface area contributed by atoms with E-state index in [2.05, 4.69) is 29.6 Å². The van der Waals surface area contributed by atoms with E-state index in [1.807, 2.05) is 48.5 Å². The lowest BCUT2D eigenvalue weighted by molar-refractivity contribution is 0.0106. The number of nitrogens with one attached hydrogen (secondary N) is 1. The zero-order valence-electron chi connectivity index (χ0n) is 19.9. The molecule has 0 radical (unpaired) electrons. The molecule has 0 saturated carbocycles. The van der Waals surface area contributed by atoms with E-state index in [9.17, 15) is 4.39 Å². The molecule has 1 aliphatic rings. The van der Waals surface area contributed by atoms with Crippen LogP contribution in [0.1, 0.15) is 29.0 Å². The molecule has 35 heavy (non-hydrogen) atoms. The summed E-state index contributed by atoms with van der Waals surface area (Å²) in [7, 11) is 1.66. The van der Waals surface area contributed by atoms with Crippen molar-refractivity contribution in [3.63, 3.8) is 0 Å². The highest BCUT2D eigenvalue weighted by molar-refractivity contribution is 5.89. The van der Waals surface area contributed by atoms with Crippen LogP contribution in [0.2, 0.25) is 0 Å². The molecule has 0 spiro atoms. The first kappa shape index (κ1) is 23.3. The molecular formula is C30H30FNO3. The van der Waals surface area contributed by atoms with Crippen LogP contribution in [0.5, 0.6) is 11.5 Å². The van der Waals surface area contributed by atoms with Crippen molar-refractivity contribution in [2.45, 2.75) is 31.7 Å². The second kappa shape index (κ2) is 10.9. The van der Waals surface area contributed by atoms with Crippen molar-refractivity contribution in [2.24, 2.45) is 0 Å². The molecule has 4 aromatic rings. The van der Waals surface area contributed by atoms with Crippen molar-refractivity contribution in [1.29, 1.82) is 0 Å². The summed E-state index contributed by atoms with van der Waals surface area (Å²) in [5.41, 5.74) is 3.27. The third-order valence-electron chi connectivity index (χ3n) is 6.63. The molecular weight excluding hydrogens is 441 g/mol. The third kappa shape index (κ3) is 5.64. The second-order valence-corrected chi connectivity index (χ2v) is 8.95. The van der Waals surface area contributed by atoms with Gasteiger partial charge in [0, 0.05) is 17.8 Å². The monoisotopic (exact) mass is 471 g/mol. The van der Waals surface area contributed by atoms with Crippen LogP contribution in [0.3, 0.4) is 0 Å². The largest absolute Gasteiger partial charge is 0.497 e. The lowest BCUT2D eigenvalue weighted by atomic mass is 9.88. The second-order valence-electron chi connectivity index (χ2n) is 8.95. The predicted octanol–water partition coefficient (Wildman–Crippen LogP) is 6.23. The number of hydrogen-bond donors (Lipinski definition) is 1. The van der Waals surface area contributed by atoms with E-state index in [1.54, 1.807) is 7.11 Å². The van der Waals surface area contributed by atoms with E-state index in [4.69, 9.17) is 14.2 Å². The van der Waals surface area contributed by atoms with Crippen LogP contribution in [0.4, 0.5) is 4.39 Å². The Balaban J connectivity index is 1.32. The lowest BCUT2D eigenvalue weighted by Crippen LogP contribution is -2.40. The SMILES string of the molecule is COc1ccc(COc2cc(COC3CNCCC3c3ccc(F)cc3)cc3ccccc23)cc1. The molecule has 1 saturated heterocycles. The van der Waals surface area contributed by atoms with Crippen molar-refractivity contribution in [2.75, 3.05) is 20.2 Å². The van der Waals surface area contributed by atoms with E-state index in [-0.39, 0.29) is 17.8 Å². The molecule has 0 amide bonds. The molecule has 0 aliphatic carbocycles. The molecule has 4 aromatic carbocycles. The molecule has 0 aromatic heterocycles. The fourth-order valence-corrected chi connectivity index (χ4v) is 4.72. The number of fused-ring (bicyclic) bond motifs is 1. The molecule has 180 valence electrons. The van der Waals surface area contributed by atoms with Gasteiger partial charge in [0.25, 0.3) is 0 Å². The van der Waals surface area contributed by atoms with E-state index in [0.29, 0.717) is 13.2 Å². The van der Waals surface area contributed by atoms with E-state index in [1.165, 1.54) is 12.1 Å². The fourth-order valence-electron chi connectivity index (χ4n) is 4.72. The minimum Gasteiger partial charge on any atom is -0.497 e. The molecule has 5 heteroatoms. The summed E-state index contributed by atoms with van der Waals surface area (Å²) in [6, 6.07) is 27.2. The van der Waals surface area contributed by atoms with Gasteiger partial charge in [-0.2, -0.15) is 0 Å². The normalized spacial score (nSPS) is 17.9. The summed E-state index contributed by atoms with van der Waals surface area (Å²) >= 11 is 0. The van der Waals surface area contributed by atoms with Gasteiger partial charge in [0.05, 0.1) is 19.8 Å². The number of benzene rings is 4. The summed E-state index contributed by atoms with van der Waals surface area (Å²) in [5.74, 6) is 1.70. The van der Waals surface area contributed by atoms with E-state index in [0.717, 1.165) is 58.5 Å². The smallest absolute Gasteiger partial charge is 0.127 e. The molecule has 1 aliphatic heterocycles. The van der Waals surface area contributed by atoms with Crippen LogP contribution in [0, 0.1) is 5.82 Å². The van der Waals surface area contributed by atoms with Crippen molar-refractivity contribution >= 4 is 10.8 Å².